The molecular weight excluding hydrogens is 216 g/mol. The molecule has 0 bridgehead atoms. The van der Waals surface area contributed by atoms with E-state index >= 15 is 0 Å². The fraction of sp³-hybridized carbons (Fsp3) is 0.833. The number of hydrogen-bond donors (Lipinski definition) is 0. The summed E-state index contributed by atoms with van der Waals surface area (Å²) in [6, 6.07) is 1.71. The van der Waals surface area contributed by atoms with Crippen molar-refractivity contribution >= 4 is 8.07 Å². The Morgan fingerprint density at radius 1 is 1.31 bits per heavy atom. The molecule has 0 spiro atoms. The van der Waals surface area contributed by atoms with Crippen LogP contribution in [0.25, 0.3) is 0 Å². The summed E-state index contributed by atoms with van der Waals surface area (Å²) in [6.07, 6.45) is 4.36. The van der Waals surface area contributed by atoms with Crippen molar-refractivity contribution in [2.45, 2.75) is 45.6 Å². The largest absolute Gasteiger partial charge is 0.365 e. The molecule has 1 aliphatic rings. The van der Waals surface area contributed by atoms with Gasteiger partial charge in [-0.1, -0.05) is 19.6 Å². The lowest BCUT2D eigenvalue weighted by Crippen LogP contribution is -2.41. The highest BCUT2D eigenvalue weighted by Crippen LogP contribution is 2.15. The van der Waals surface area contributed by atoms with E-state index in [0.29, 0.717) is 12.8 Å². The van der Waals surface area contributed by atoms with E-state index in [0.717, 1.165) is 13.2 Å². The normalized spacial score (nSPS) is 22.1. The van der Waals surface area contributed by atoms with Gasteiger partial charge in [-0.25, -0.2) is 0 Å². The molecule has 4 heteroatoms. The van der Waals surface area contributed by atoms with Crippen molar-refractivity contribution in [1.82, 2.24) is 10.0 Å². The Morgan fingerprint density at radius 3 is 2.56 bits per heavy atom. The predicted octanol–water partition coefficient (Wildman–Crippen LogP) is 2.75. The molecule has 1 unspecified atom stereocenters. The highest BCUT2D eigenvalue weighted by molar-refractivity contribution is 6.76. The van der Waals surface area contributed by atoms with Crippen LogP contribution in [0.3, 0.4) is 0 Å². The number of ether oxygens (including phenoxy) is 1. The summed E-state index contributed by atoms with van der Waals surface area (Å²) in [4.78, 5) is 0. The topological polar surface area (TPSA) is 15.7 Å². The van der Waals surface area contributed by atoms with Crippen molar-refractivity contribution in [3.8, 4) is 0 Å². The fourth-order valence-corrected chi connectivity index (χ4v) is 2.41. The summed E-state index contributed by atoms with van der Waals surface area (Å²) in [6.45, 7) is 14.1. The molecule has 0 aromatic heterocycles. The summed E-state index contributed by atoms with van der Waals surface area (Å²) in [5.74, 6) is 0. The number of hydrazine groups is 1. The highest BCUT2D eigenvalue weighted by atomic mass is 28.3. The smallest absolute Gasteiger partial charge is 0.117 e. The summed E-state index contributed by atoms with van der Waals surface area (Å²) in [5, 5.41) is 4.49. The Bertz CT molecular complexity index is 238. The third-order valence-electron chi connectivity index (χ3n) is 2.88. The molecule has 0 saturated heterocycles. The average molecular weight is 242 g/mol. The van der Waals surface area contributed by atoms with Crippen LogP contribution in [-0.4, -0.2) is 44.0 Å². The van der Waals surface area contributed by atoms with Crippen LogP contribution in [-0.2, 0) is 4.74 Å². The minimum absolute atomic E-state index is 0.465. The van der Waals surface area contributed by atoms with Gasteiger partial charge in [-0.15, -0.1) is 0 Å². The minimum Gasteiger partial charge on any atom is -0.365 e. The van der Waals surface area contributed by atoms with Crippen LogP contribution >= 0.6 is 0 Å². The van der Waals surface area contributed by atoms with Gasteiger partial charge in [0.1, 0.15) is 6.73 Å². The maximum atomic E-state index is 5.78. The first kappa shape index (κ1) is 13.7. The molecule has 94 valence electrons. The van der Waals surface area contributed by atoms with Crippen LogP contribution in [0, 0.1) is 0 Å². The molecule has 0 aromatic carbocycles. The van der Waals surface area contributed by atoms with Crippen LogP contribution in [0.1, 0.15) is 13.8 Å². The molecule has 0 saturated carbocycles. The molecule has 1 atom stereocenters. The zero-order chi connectivity index (χ0) is 12.2. The second-order valence-electron chi connectivity index (χ2n) is 5.63. The highest BCUT2D eigenvalue weighted by Gasteiger charge is 2.21. The Labute approximate surface area is 101 Å². The predicted molar refractivity (Wildman–Crippen MR) is 71.8 cm³/mol. The molecule has 1 heterocycles. The van der Waals surface area contributed by atoms with E-state index in [1.165, 1.54) is 6.04 Å². The summed E-state index contributed by atoms with van der Waals surface area (Å²) in [7, 11) is -0.949. The summed E-state index contributed by atoms with van der Waals surface area (Å²) in [5.41, 5.74) is 0. The van der Waals surface area contributed by atoms with Crippen molar-refractivity contribution in [3.63, 3.8) is 0 Å². The molecule has 0 aromatic rings. The van der Waals surface area contributed by atoms with Crippen LogP contribution in [0.5, 0.6) is 0 Å². The minimum atomic E-state index is -0.949. The van der Waals surface area contributed by atoms with Crippen LogP contribution in [0.15, 0.2) is 12.3 Å². The summed E-state index contributed by atoms with van der Waals surface area (Å²) < 4.78 is 5.78. The number of nitrogens with zero attached hydrogens (tertiary/aromatic N) is 2. The van der Waals surface area contributed by atoms with Crippen molar-refractivity contribution in [2.24, 2.45) is 0 Å². The average Bonchev–Trinajstić information content (AvgIpc) is 2.53. The third kappa shape index (κ3) is 4.27. The molecule has 1 aliphatic heterocycles. The first-order chi connectivity index (χ1) is 7.44. The van der Waals surface area contributed by atoms with E-state index in [1.54, 1.807) is 0 Å². The fourth-order valence-electron chi connectivity index (χ4n) is 1.66. The van der Waals surface area contributed by atoms with E-state index in [-0.39, 0.29) is 0 Å². The van der Waals surface area contributed by atoms with E-state index in [9.17, 15) is 0 Å². The maximum absolute atomic E-state index is 5.78. The maximum Gasteiger partial charge on any atom is 0.117 e. The van der Waals surface area contributed by atoms with E-state index in [4.69, 9.17) is 4.74 Å². The monoisotopic (exact) mass is 242 g/mol. The Kier molecular flexibility index (Phi) is 5.02. The quantitative estimate of drug-likeness (QED) is 0.526. The van der Waals surface area contributed by atoms with Crippen LogP contribution < -0.4 is 0 Å². The molecule has 0 amide bonds. The van der Waals surface area contributed by atoms with E-state index in [1.807, 2.05) is 0 Å². The Morgan fingerprint density at radius 2 is 2.00 bits per heavy atom. The van der Waals surface area contributed by atoms with Gasteiger partial charge >= 0.3 is 0 Å². The zero-order valence-corrected chi connectivity index (χ0v) is 12.4. The SMILES string of the molecule is CCN1C=CC(C)N1COCC[Si](C)(C)C. The van der Waals surface area contributed by atoms with Gasteiger partial charge in [-0.3, -0.25) is 0 Å². The molecule has 0 N–H and O–H groups in total. The van der Waals surface area contributed by atoms with Gasteiger partial charge in [-0.05, 0) is 26.0 Å². The Balaban J connectivity index is 2.22. The van der Waals surface area contributed by atoms with Crippen LogP contribution in [0.2, 0.25) is 25.7 Å². The first-order valence-corrected chi connectivity index (χ1v) is 9.94. The Hall–Kier alpha value is -0.323. The first-order valence-electron chi connectivity index (χ1n) is 6.23. The molecule has 0 fully saturated rings. The van der Waals surface area contributed by atoms with Crippen molar-refractivity contribution in [2.75, 3.05) is 19.9 Å². The van der Waals surface area contributed by atoms with E-state index < -0.39 is 8.07 Å². The number of rotatable bonds is 6. The standard InChI is InChI=1S/C12H26N2OSi/c1-6-13-8-7-12(2)14(13)11-15-9-10-16(3,4)5/h7-8,12H,6,9-11H2,1-5H3. The van der Waals surface area contributed by atoms with Gasteiger partial charge in [0.15, 0.2) is 0 Å². The van der Waals surface area contributed by atoms with Gasteiger partial charge in [-0.2, -0.15) is 5.01 Å². The van der Waals surface area contributed by atoms with Crippen LogP contribution in [0.4, 0.5) is 0 Å². The lowest BCUT2D eigenvalue weighted by molar-refractivity contribution is -0.0757. The third-order valence-corrected chi connectivity index (χ3v) is 4.58. The van der Waals surface area contributed by atoms with Gasteiger partial charge in [0.05, 0.1) is 0 Å². The van der Waals surface area contributed by atoms with Gasteiger partial charge < -0.3 is 9.75 Å². The molecule has 0 radical (unpaired) electrons. The van der Waals surface area contributed by atoms with Crippen molar-refractivity contribution in [3.05, 3.63) is 12.3 Å². The molecular formula is C12H26N2OSi. The number of hydrogen-bond acceptors (Lipinski definition) is 3. The second kappa shape index (κ2) is 5.84. The van der Waals surface area contributed by atoms with Gasteiger partial charge in [0, 0.05) is 33.5 Å². The van der Waals surface area contributed by atoms with E-state index in [2.05, 4.69) is 55.8 Å². The van der Waals surface area contributed by atoms with Gasteiger partial charge in [0.25, 0.3) is 0 Å². The second-order valence-corrected chi connectivity index (χ2v) is 11.2. The molecule has 16 heavy (non-hydrogen) atoms. The molecule has 0 aliphatic carbocycles. The zero-order valence-electron chi connectivity index (χ0n) is 11.4. The molecule has 3 nitrogen and oxygen atoms in total. The lowest BCUT2D eigenvalue weighted by atomic mass is 10.3. The molecule has 1 rings (SSSR count). The van der Waals surface area contributed by atoms with Gasteiger partial charge in [0.2, 0.25) is 0 Å². The van der Waals surface area contributed by atoms with Crippen molar-refractivity contribution < 1.29 is 4.74 Å². The summed E-state index contributed by atoms with van der Waals surface area (Å²) >= 11 is 0. The lowest BCUT2D eigenvalue weighted by Gasteiger charge is -2.31. The van der Waals surface area contributed by atoms with Crippen molar-refractivity contribution in [1.29, 1.82) is 0 Å².